The number of ketones is 1. The highest BCUT2D eigenvalue weighted by Gasteiger charge is 2.21. The Morgan fingerprint density at radius 1 is 0.935 bits per heavy atom. The van der Waals surface area contributed by atoms with Crippen LogP contribution in [-0.2, 0) is 16.4 Å². The number of benzene rings is 2. The monoisotopic (exact) mass is 434 g/mol. The Kier molecular flexibility index (Phi) is 5.56. The first-order valence-corrected chi connectivity index (χ1v) is 11.3. The second-order valence-corrected chi connectivity index (χ2v) is 9.09. The first-order valence-electron chi connectivity index (χ1n) is 9.85. The van der Waals surface area contributed by atoms with Gasteiger partial charge in [0, 0.05) is 34.4 Å². The largest absolute Gasteiger partial charge is 0.361 e. The number of rotatable bonds is 5. The summed E-state index contributed by atoms with van der Waals surface area (Å²) in [5, 5.41) is 3.10. The highest BCUT2D eigenvalue weighted by atomic mass is 32.2. The molecule has 0 amide bonds. The zero-order valence-corrected chi connectivity index (χ0v) is 18.0. The smallest absolute Gasteiger partial charge is 0.264 e. The molecule has 0 spiro atoms. The van der Waals surface area contributed by atoms with Crippen molar-refractivity contribution in [3.8, 4) is 0 Å². The Bertz CT molecular complexity index is 1260. The Morgan fingerprint density at radius 2 is 1.61 bits per heavy atom. The fourth-order valence-corrected chi connectivity index (χ4v) is 4.45. The van der Waals surface area contributed by atoms with Crippen LogP contribution in [0.2, 0.25) is 0 Å². The first-order chi connectivity index (χ1) is 14.8. The van der Waals surface area contributed by atoms with Gasteiger partial charge in [-0.2, -0.15) is 0 Å². The predicted molar refractivity (Wildman–Crippen MR) is 120 cm³/mol. The molecule has 31 heavy (non-hydrogen) atoms. The molecule has 1 aliphatic carbocycles. The van der Waals surface area contributed by atoms with E-state index < -0.39 is 10.0 Å². The lowest BCUT2D eigenvalue weighted by Gasteiger charge is -2.17. The van der Waals surface area contributed by atoms with Gasteiger partial charge in [0.25, 0.3) is 10.0 Å². The second kappa shape index (κ2) is 8.31. The number of Topliss-reactive ketones (excluding diaryl/α,β-unsaturated/α-hetero) is 1. The van der Waals surface area contributed by atoms with Gasteiger partial charge in [0.15, 0.2) is 5.78 Å². The SMILES string of the molecule is Cc1cc(C)nc(NS(=O)(=O)c2ccc(N/C=C3\CCc4ccccc4C3=O)cc2)n1. The molecule has 0 fully saturated rings. The number of carbonyl (C=O) groups excluding carboxylic acids is 1. The van der Waals surface area contributed by atoms with E-state index in [-0.39, 0.29) is 16.6 Å². The van der Waals surface area contributed by atoms with Crippen molar-refractivity contribution in [2.24, 2.45) is 0 Å². The summed E-state index contributed by atoms with van der Waals surface area (Å²) in [6, 6.07) is 15.7. The molecular weight excluding hydrogens is 412 g/mol. The summed E-state index contributed by atoms with van der Waals surface area (Å²) in [6.45, 7) is 3.55. The average Bonchev–Trinajstić information content (AvgIpc) is 2.73. The number of sulfonamides is 1. The summed E-state index contributed by atoms with van der Waals surface area (Å²) in [6.07, 6.45) is 3.18. The molecular formula is C23H22N4O3S. The van der Waals surface area contributed by atoms with Crippen molar-refractivity contribution in [2.45, 2.75) is 31.6 Å². The summed E-state index contributed by atoms with van der Waals surface area (Å²) in [5.74, 6) is 0.0618. The summed E-state index contributed by atoms with van der Waals surface area (Å²) < 4.78 is 27.7. The number of aryl methyl sites for hydroxylation is 3. The molecule has 3 aromatic rings. The topological polar surface area (TPSA) is 101 Å². The van der Waals surface area contributed by atoms with Gasteiger partial charge in [0.05, 0.1) is 4.90 Å². The zero-order valence-electron chi connectivity index (χ0n) is 17.2. The molecule has 1 aliphatic rings. The molecule has 8 heteroatoms. The summed E-state index contributed by atoms with van der Waals surface area (Å²) in [7, 11) is -3.81. The highest BCUT2D eigenvalue weighted by Crippen LogP contribution is 2.25. The van der Waals surface area contributed by atoms with Gasteiger partial charge in [-0.25, -0.2) is 23.1 Å². The van der Waals surface area contributed by atoms with Crippen LogP contribution in [0.4, 0.5) is 11.6 Å². The molecule has 2 aromatic carbocycles. The van der Waals surface area contributed by atoms with E-state index in [0.29, 0.717) is 29.1 Å². The quantitative estimate of drug-likeness (QED) is 0.588. The third-order valence-electron chi connectivity index (χ3n) is 5.00. The van der Waals surface area contributed by atoms with Crippen LogP contribution in [0.3, 0.4) is 0 Å². The minimum atomic E-state index is -3.81. The van der Waals surface area contributed by atoms with Crippen molar-refractivity contribution >= 4 is 27.4 Å². The number of allylic oxidation sites excluding steroid dienone is 1. The summed E-state index contributed by atoms with van der Waals surface area (Å²) in [5.41, 5.74) is 4.54. The number of fused-ring (bicyclic) bond motifs is 1. The Balaban J connectivity index is 1.47. The van der Waals surface area contributed by atoms with Gasteiger partial charge in [-0.15, -0.1) is 0 Å². The molecule has 0 bridgehead atoms. The maximum absolute atomic E-state index is 12.6. The number of aromatic nitrogens is 2. The van der Waals surface area contributed by atoms with E-state index in [2.05, 4.69) is 20.0 Å². The average molecular weight is 435 g/mol. The molecule has 0 saturated heterocycles. The lowest BCUT2D eigenvalue weighted by Crippen LogP contribution is -2.16. The molecule has 0 unspecified atom stereocenters. The van der Waals surface area contributed by atoms with Crippen LogP contribution < -0.4 is 10.0 Å². The molecule has 0 atom stereocenters. The number of hydrogen-bond donors (Lipinski definition) is 2. The van der Waals surface area contributed by atoms with Crippen LogP contribution in [0.25, 0.3) is 0 Å². The van der Waals surface area contributed by atoms with Gasteiger partial charge < -0.3 is 5.32 Å². The van der Waals surface area contributed by atoms with E-state index in [1.165, 1.54) is 12.1 Å². The fraction of sp³-hybridized carbons (Fsp3) is 0.174. The maximum Gasteiger partial charge on any atom is 0.264 e. The normalized spacial score (nSPS) is 14.9. The lowest BCUT2D eigenvalue weighted by atomic mass is 9.87. The number of carbonyl (C=O) groups is 1. The van der Waals surface area contributed by atoms with Gasteiger partial charge in [-0.1, -0.05) is 24.3 Å². The van der Waals surface area contributed by atoms with Crippen LogP contribution in [0.5, 0.6) is 0 Å². The highest BCUT2D eigenvalue weighted by molar-refractivity contribution is 7.92. The van der Waals surface area contributed by atoms with Crippen molar-refractivity contribution < 1.29 is 13.2 Å². The van der Waals surface area contributed by atoms with Crippen LogP contribution in [0, 0.1) is 13.8 Å². The molecule has 4 rings (SSSR count). The zero-order chi connectivity index (χ0) is 22.0. The van der Waals surface area contributed by atoms with Crippen molar-refractivity contribution in [1.82, 2.24) is 9.97 Å². The fourth-order valence-electron chi connectivity index (χ4n) is 3.50. The number of hydrogen-bond acceptors (Lipinski definition) is 6. The lowest BCUT2D eigenvalue weighted by molar-refractivity contribution is 0.102. The maximum atomic E-state index is 12.6. The summed E-state index contributed by atoms with van der Waals surface area (Å²) in [4.78, 5) is 21.0. The van der Waals surface area contributed by atoms with Gasteiger partial charge in [0.2, 0.25) is 5.95 Å². The molecule has 1 aromatic heterocycles. The van der Waals surface area contributed by atoms with E-state index in [9.17, 15) is 13.2 Å². The van der Waals surface area contributed by atoms with Gasteiger partial charge >= 0.3 is 0 Å². The second-order valence-electron chi connectivity index (χ2n) is 7.40. The molecule has 0 aliphatic heterocycles. The van der Waals surface area contributed by atoms with E-state index in [1.54, 1.807) is 38.2 Å². The van der Waals surface area contributed by atoms with Crippen LogP contribution in [-0.4, -0.2) is 24.2 Å². The number of nitrogens with zero attached hydrogens (tertiary/aromatic N) is 2. The molecule has 1 heterocycles. The van der Waals surface area contributed by atoms with E-state index in [1.807, 2.05) is 24.3 Å². The van der Waals surface area contributed by atoms with E-state index >= 15 is 0 Å². The van der Waals surface area contributed by atoms with Gasteiger partial charge in [-0.3, -0.25) is 4.79 Å². The Hall–Kier alpha value is -3.52. The van der Waals surface area contributed by atoms with Gasteiger partial charge in [-0.05, 0) is 62.6 Å². The predicted octanol–water partition coefficient (Wildman–Crippen LogP) is 4.02. The molecule has 2 N–H and O–H groups in total. The number of nitrogens with one attached hydrogen (secondary N) is 2. The first kappa shape index (κ1) is 20.7. The molecule has 158 valence electrons. The number of anilines is 2. The third kappa shape index (κ3) is 4.64. The molecule has 0 saturated carbocycles. The Morgan fingerprint density at radius 3 is 2.32 bits per heavy atom. The van der Waals surface area contributed by atoms with Gasteiger partial charge in [0.1, 0.15) is 0 Å². The molecule has 0 radical (unpaired) electrons. The van der Waals surface area contributed by atoms with E-state index in [0.717, 1.165) is 17.5 Å². The van der Waals surface area contributed by atoms with Crippen molar-refractivity contribution in [2.75, 3.05) is 10.0 Å². The Labute approximate surface area is 181 Å². The van der Waals surface area contributed by atoms with Crippen LogP contribution in [0.1, 0.15) is 33.7 Å². The van der Waals surface area contributed by atoms with Crippen molar-refractivity contribution in [1.29, 1.82) is 0 Å². The van der Waals surface area contributed by atoms with Crippen LogP contribution in [0.15, 0.2) is 71.3 Å². The van der Waals surface area contributed by atoms with Crippen molar-refractivity contribution in [3.63, 3.8) is 0 Å². The third-order valence-corrected chi connectivity index (χ3v) is 6.35. The van der Waals surface area contributed by atoms with Crippen molar-refractivity contribution in [3.05, 3.63) is 88.9 Å². The van der Waals surface area contributed by atoms with E-state index in [4.69, 9.17) is 0 Å². The minimum Gasteiger partial charge on any atom is -0.361 e. The molecule has 7 nitrogen and oxygen atoms in total. The summed E-state index contributed by atoms with van der Waals surface area (Å²) >= 11 is 0. The standard InChI is InChI=1S/C23H22N4O3S/c1-15-13-16(2)26-23(25-15)27-31(29,30)20-11-9-19(10-12-20)24-14-18-8-7-17-5-3-4-6-21(17)22(18)28/h3-6,9-14,24H,7-8H2,1-2H3,(H,25,26,27)/b18-14+. The minimum absolute atomic E-state index is 0.0196. The van der Waals surface area contributed by atoms with Crippen LogP contribution >= 0.6 is 0 Å².